The minimum Gasteiger partial charge on any atom is -0.378 e. The number of rotatable bonds is 4. The summed E-state index contributed by atoms with van der Waals surface area (Å²) in [5.41, 5.74) is 2.37. The number of aromatic nitrogens is 1. The minimum absolute atomic E-state index is 0.153. The number of ether oxygens (including phenoxy) is 1. The van der Waals surface area contributed by atoms with Gasteiger partial charge in [-0.2, -0.15) is 0 Å². The lowest BCUT2D eigenvalue weighted by atomic mass is 10.2. The molecule has 0 bridgehead atoms. The van der Waals surface area contributed by atoms with Gasteiger partial charge >= 0.3 is 0 Å². The van der Waals surface area contributed by atoms with Gasteiger partial charge in [0.2, 0.25) is 0 Å². The second-order valence-corrected chi connectivity index (χ2v) is 6.99. The Morgan fingerprint density at radius 2 is 2.12 bits per heavy atom. The fraction of sp³-hybridized carbons (Fsp3) is 0.294. The Hall–Kier alpha value is -1.57. The van der Waals surface area contributed by atoms with Crippen LogP contribution in [-0.2, 0) is 4.74 Å². The third kappa shape index (κ3) is 3.91. The molecular formula is C17H18BrN3O2S. The molecule has 126 valence electrons. The number of nitrogens with one attached hydrogen (secondary N) is 1. The number of thioether (sulfide) groups is 1. The molecule has 5 nitrogen and oxygen atoms in total. The largest absolute Gasteiger partial charge is 0.378 e. The Balaban J connectivity index is 1.88. The number of carbonyl (C=O) groups is 1. The zero-order valence-electron chi connectivity index (χ0n) is 13.3. The van der Waals surface area contributed by atoms with E-state index in [9.17, 15) is 4.79 Å². The number of amides is 1. The first-order valence-electron chi connectivity index (χ1n) is 7.61. The number of hydrogen-bond acceptors (Lipinski definition) is 5. The van der Waals surface area contributed by atoms with Gasteiger partial charge in [-0.15, -0.1) is 11.8 Å². The summed E-state index contributed by atoms with van der Waals surface area (Å²) in [7, 11) is 0. The maximum absolute atomic E-state index is 12.7. The maximum atomic E-state index is 12.7. The summed E-state index contributed by atoms with van der Waals surface area (Å²) >= 11 is 4.95. The van der Waals surface area contributed by atoms with Gasteiger partial charge in [0.25, 0.3) is 5.91 Å². The van der Waals surface area contributed by atoms with E-state index in [1.54, 1.807) is 18.3 Å². The molecular weight excluding hydrogens is 390 g/mol. The predicted octanol–water partition coefficient (Wildman–Crippen LogP) is 3.65. The fourth-order valence-electron chi connectivity index (χ4n) is 2.60. The van der Waals surface area contributed by atoms with E-state index >= 15 is 0 Å². The van der Waals surface area contributed by atoms with Gasteiger partial charge in [-0.1, -0.05) is 15.9 Å². The van der Waals surface area contributed by atoms with Crippen LogP contribution in [0, 0.1) is 0 Å². The van der Waals surface area contributed by atoms with Crippen LogP contribution < -0.4 is 10.2 Å². The van der Waals surface area contributed by atoms with Gasteiger partial charge in [0.1, 0.15) is 5.03 Å². The molecule has 0 spiro atoms. The van der Waals surface area contributed by atoms with Crippen LogP contribution in [0.1, 0.15) is 10.4 Å². The molecule has 3 rings (SSSR count). The Morgan fingerprint density at radius 1 is 1.33 bits per heavy atom. The number of halogens is 1. The zero-order chi connectivity index (χ0) is 16.9. The van der Waals surface area contributed by atoms with Crippen molar-refractivity contribution in [1.29, 1.82) is 0 Å². The lowest BCUT2D eigenvalue weighted by molar-refractivity contribution is 0.102. The van der Waals surface area contributed by atoms with Crippen molar-refractivity contribution in [3.8, 4) is 0 Å². The smallest absolute Gasteiger partial charge is 0.258 e. The quantitative estimate of drug-likeness (QED) is 0.783. The lowest BCUT2D eigenvalue weighted by Gasteiger charge is -2.30. The van der Waals surface area contributed by atoms with E-state index in [0.29, 0.717) is 18.8 Å². The summed E-state index contributed by atoms with van der Waals surface area (Å²) in [5.74, 6) is -0.153. The van der Waals surface area contributed by atoms with Crippen molar-refractivity contribution in [1.82, 2.24) is 4.98 Å². The number of pyridine rings is 1. The minimum atomic E-state index is -0.153. The first-order valence-corrected chi connectivity index (χ1v) is 9.63. The molecule has 1 N–H and O–H groups in total. The molecule has 7 heteroatoms. The van der Waals surface area contributed by atoms with Crippen LogP contribution in [0.4, 0.5) is 11.4 Å². The summed E-state index contributed by atoms with van der Waals surface area (Å²) in [6.45, 7) is 3.02. The summed E-state index contributed by atoms with van der Waals surface area (Å²) in [5, 5.41) is 3.76. The average Bonchev–Trinajstić information content (AvgIpc) is 2.62. The van der Waals surface area contributed by atoms with Gasteiger partial charge in [0.15, 0.2) is 0 Å². The first kappa shape index (κ1) is 17.3. The average molecular weight is 408 g/mol. The molecule has 1 saturated heterocycles. The topological polar surface area (TPSA) is 54.5 Å². The van der Waals surface area contributed by atoms with Gasteiger partial charge < -0.3 is 15.0 Å². The molecule has 2 heterocycles. The highest BCUT2D eigenvalue weighted by Crippen LogP contribution is 2.31. The molecule has 24 heavy (non-hydrogen) atoms. The van der Waals surface area contributed by atoms with Crippen LogP contribution in [0.25, 0.3) is 0 Å². The normalized spacial score (nSPS) is 14.5. The second kappa shape index (κ2) is 8.00. The molecule has 1 aromatic heterocycles. The van der Waals surface area contributed by atoms with Crippen molar-refractivity contribution < 1.29 is 9.53 Å². The van der Waals surface area contributed by atoms with Crippen LogP contribution in [0.2, 0.25) is 0 Å². The highest BCUT2D eigenvalue weighted by molar-refractivity contribution is 9.10. The van der Waals surface area contributed by atoms with E-state index in [1.165, 1.54) is 11.8 Å². The van der Waals surface area contributed by atoms with Gasteiger partial charge in [-0.05, 0) is 36.6 Å². The van der Waals surface area contributed by atoms with Crippen molar-refractivity contribution in [2.75, 3.05) is 42.8 Å². The van der Waals surface area contributed by atoms with Crippen LogP contribution in [-0.4, -0.2) is 43.5 Å². The van der Waals surface area contributed by atoms with Crippen molar-refractivity contribution in [2.45, 2.75) is 5.03 Å². The maximum Gasteiger partial charge on any atom is 0.258 e. The number of carbonyl (C=O) groups excluding carboxylic acids is 1. The molecule has 1 amide bonds. The number of hydrogen-bond donors (Lipinski definition) is 1. The van der Waals surface area contributed by atoms with Crippen molar-refractivity contribution >= 4 is 45.0 Å². The van der Waals surface area contributed by atoms with Crippen LogP contribution >= 0.6 is 27.7 Å². The van der Waals surface area contributed by atoms with Gasteiger partial charge in [-0.3, -0.25) is 4.79 Å². The summed E-state index contributed by atoms with van der Waals surface area (Å²) in [6, 6.07) is 9.50. The van der Waals surface area contributed by atoms with Gasteiger partial charge in [0, 0.05) is 23.8 Å². The number of benzene rings is 1. The molecule has 0 unspecified atom stereocenters. The SMILES string of the molecule is CSc1ncccc1C(=O)Nc1cc(Br)ccc1N1CCOCC1. The summed E-state index contributed by atoms with van der Waals surface area (Å²) < 4.78 is 6.34. The Kier molecular flexibility index (Phi) is 5.76. The van der Waals surface area contributed by atoms with E-state index in [1.807, 2.05) is 24.5 Å². The van der Waals surface area contributed by atoms with Crippen LogP contribution in [0.3, 0.4) is 0 Å². The van der Waals surface area contributed by atoms with Crippen molar-refractivity contribution in [3.05, 3.63) is 46.6 Å². The molecule has 0 radical (unpaired) electrons. The van der Waals surface area contributed by atoms with Crippen molar-refractivity contribution in [2.24, 2.45) is 0 Å². The van der Waals surface area contributed by atoms with E-state index in [-0.39, 0.29) is 5.91 Å². The Morgan fingerprint density at radius 3 is 2.88 bits per heavy atom. The number of nitrogens with zero attached hydrogens (tertiary/aromatic N) is 2. The lowest BCUT2D eigenvalue weighted by Crippen LogP contribution is -2.36. The highest BCUT2D eigenvalue weighted by Gasteiger charge is 2.18. The summed E-state index contributed by atoms with van der Waals surface area (Å²) in [4.78, 5) is 19.2. The van der Waals surface area contributed by atoms with Crippen LogP contribution in [0.5, 0.6) is 0 Å². The molecule has 0 atom stereocenters. The summed E-state index contributed by atoms with van der Waals surface area (Å²) in [6.07, 6.45) is 3.61. The molecule has 1 fully saturated rings. The molecule has 0 saturated carbocycles. The van der Waals surface area contributed by atoms with E-state index in [4.69, 9.17) is 4.74 Å². The predicted molar refractivity (Wildman–Crippen MR) is 101 cm³/mol. The van der Waals surface area contributed by atoms with E-state index < -0.39 is 0 Å². The first-order chi connectivity index (χ1) is 11.7. The monoisotopic (exact) mass is 407 g/mol. The molecule has 0 aliphatic carbocycles. The molecule has 1 aliphatic heterocycles. The standard InChI is InChI=1S/C17H18BrN3O2S/c1-24-17-13(3-2-6-19-17)16(22)20-14-11-12(18)4-5-15(14)21-7-9-23-10-8-21/h2-6,11H,7-10H2,1H3,(H,20,22). The van der Waals surface area contributed by atoms with Gasteiger partial charge in [-0.25, -0.2) is 4.98 Å². The van der Waals surface area contributed by atoms with E-state index in [0.717, 1.165) is 34.0 Å². The van der Waals surface area contributed by atoms with Gasteiger partial charge in [0.05, 0.1) is 30.2 Å². The Labute approximate surface area is 153 Å². The van der Waals surface area contributed by atoms with Crippen molar-refractivity contribution in [3.63, 3.8) is 0 Å². The molecule has 2 aromatic rings. The van der Waals surface area contributed by atoms with Crippen LogP contribution in [0.15, 0.2) is 46.0 Å². The third-order valence-electron chi connectivity index (χ3n) is 3.77. The molecule has 1 aliphatic rings. The fourth-order valence-corrected chi connectivity index (χ4v) is 3.51. The highest BCUT2D eigenvalue weighted by atomic mass is 79.9. The molecule has 1 aromatic carbocycles. The number of morpholine rings is 1. The Bertz CT molecular complexity index is 736. The number of anilines is 2. The second-order valence-electron chi connectivity index (χ2n) is 5.28. The zero-order valence-corrected chi connectivity index (χ0v) is 15.7. The third-order valence-corrected chi connectivity index (χ3v) is 4.97. The van der Waals surface area contributed by atoms with E-state index in [2.05, 4.69) is 31.1 Å².